The van der Waals surface area contributed by atoms with Crippen molar-refractivity contribution in [3.63, 3.8) is 0 Å². The highest BCUT2D eigenvalue weighted by molar-refractivity contribution is 5.72. The summed E-state index contributed by atoms with van der Waals surface area (Å²) in [4.78, 5) is 57.8. The van der Waals surface area contributed by atoms with Crippen LogP contribution in [0.2, 0.25) is 0 Å². The number of rotatable bonds is 26. The number of nitrogens with two attached hydrogens (primary N) is 1. The van der Waals surface area contributed by atoms with Crippen molar-refractivity contribution in [1.82, 2.24) is 10.4 Å². The number of aliphatic hydroxyl groups is 1. The molecular weight excluding hydrogens is 602 g/mol. The summed E-state index contributed by atoms with van der Waals surface area (Å²) < 4.78 is 36.9. The molecule has 0 fully saturated rings. The number of nitrogens with zero attached hydrogens (tertiary/aromatic N) is 1. The topological polar surface area (TPSA) is 232 Å². The standard InChI is InChI=1S/C28H49N3O14/c1-19(42-20(2)33)24(16-41-26(38)18-39-17-25(36)37)45-27(28(43-21(3)34)44-22(4)35)40-14-10-11-23(29)15-31(30-5)12-8-6-7-9-13-32/h15,19,24,27-28,30,32H,6-14,16-18,29H2,1-5H3,(H,36,37)/b23-15-/t19-,24?,27+/m0/s1. The SMILES string of the molecule is CNN(/C=C(\N)CCCO[C@H](OC(COC(=O)COCC(=O)O)[C@H](C)OC(C)=O)C(OC(C)=O)OC(C)=O)CCCCCCO. The van der Waals surface area contributed by atoms with Gasteiger partial charge in [-0.2, -0.15) is 0 Å². The maximum atomic E-state index is 12.0. The molecule has 0 amide bonds. The smallest absolute Gasteiger partial charge is 0.332 e. The van der Waals surface area contributed by atoms with Gasteiger partial charge in [0, 0.05) is 52.9 Å². The van der Waals surface area contributed by atoms with Gasteiger partial charge in [-0.05, 0) is 32.6 Å². The Balaban J connectivity index is 5.57. The van der Waals surface area contributed by atoms with Crippen LogP contribution in [0, 0.1) is 0 Å². The average Bonchev–Trinajstić information content (AvgIpc) is 2.94. The largest absolute Gasteiger partial charge is 0.480 e. The Bertz CT molecular complexity index is 916. The third-order valence-corrected chi connectivity index (χ3v) is 5.63. The molecule has 5 N–H and O–H groups in total. The van der Waals surface area contributed by atoms with Crippen molar-refractivity contribution in [3.8, 4) is 0 Å². The predicted molar refractivity (Wildman–Crippen MR) is 155 cm³/mol. The van der Waals surface area contributed by atoms with Crippen LogP contribution in [-0.4, -0.2) is 116 Å². The maximum absolute atomic E-state index is 12.0. The van der Waals surface area contributed by atoms with E-state index in [1.165, 1.54) is 6.92 Å². The molecule has 45 heavy (non-hydrogen) atoms. The van der Waals surface area contributed by atoms with Gasteiger partial charge >= 0.3 is 29.8 Å². The van der Waals surface area contributed by atoms with Crippen molar-refractivity contribution in [1.29, 1.82) is 0 Å². The molecule has 0 aromatic heterocycles. The number of carboxylic acid groups (broad SMARTS) is 1. The van der Waals surface area contributed by atoms with E-state index in [1.807, 2.05) is 5.01 Å². The fourth-order valence-corrected chi connectivity index (χ4v) is 3.61. The maximum Gasteiger partial charge on any atom is 0.332 e. The van der Waals surface area contributed by atoms with Gasteiger partial charge in [-0.25, -0.2) is 15.0 Å². The van der Waals surface area contributed by atoms with Crippen LogP contribution >= 0.6 is 0 Å². The monoisotopic (exact) mass is 651 g/mol. The summed E-state index contributed by atoms with van der Waals surface area (Å²) in [6.07, 6.45) is 0.572. The average molecular weight is 652 g/mol. The molecule has 0 aliphatic heterocycles. The molecule has 0 spiro atoms. The number of aliphatic carboxylic acids is 1. The number of hydrogen-bond acceptors (Lipinski definition) is 16. The molecule has 17 heteroatoms. The second kappa shape index (κ2) is 24.8. The van der Waals surface area contributed by atoms with Gasteiger partial charge in [0.25, 0.3) is 6.29 Å². The molecule has 0 aromatic carbocycles. The number of hydrazine groups is 1. The number of hydrogen-bond donors (Lipinski definition) is 4. The fraction of sp³-hybridized carbons (Fsp3) is 0.750. The normalized spacial score (nSPS) is 13.4. The summed E-state index contributed by atoms with van der Waals surface area (Å²) in [6.45, 7) is 3.70. The summed E-state index contributed by atoms with van der Waals surface area (Å²) in [5.74, 6) is -4.53. The van der Waals surface area contributed by atoms with Crippen LogP contribution in [0.15, 0.2) is 11.9 Å². The van der Waals surface area contributed by atoms with Gasteiger partial charge in [0.2, 0.25) is 6.29 Å². The summed E-state index contributed by atoms with van der Waals surface area (Å²) in [5, 5.41) is 19.4. The first-order chi connectivity index (χ1) is 21.3. The van der Waals surface area contributed by atoms with E-state index in [0.29, 0.717) is 25.1 Å². The molecule has 0 radical (unpaired) electrons. The highest BCUT2D eigenvalue weighted by Crippen LogP contribution is 2.17. The first-order valence-electron chi connectivity index (χ1n) is 14.5. The molecular formula is C28H49N3O14. The Morgan fingerprint density at radius 2 is 1.51 bits per heavy atom. The van der Waals surface area contributed by atoms with Gasteiger partial charge in [0.15, 0.2) is 0 Å². The van der Waals surface area contributed by atoms with Gasteiger partial charge in [0.05, 0.1) is 6.61 Å². The van der Waals surface area contributed by atoms with Crippen LogP contribution in [0.5, 0.6) is 0 Å². The van der Waals surface area contributed by atoms with Gasteiger partial charge in [-0.15, -0.1) is 0 Å². The number of nitrogens with one attached hydrogen (secondary N) is 1. The summed E-state index contributed by atoms with van der Waals surface area (Å²) in [5.41, 5.74) is 9.75. The molecule has 0 aliphatic carbocycles. The Kier molecular flexibility index (Phi) is 22.8. The first-order valence-corrected chi connectivity index (χ1v) is 14.5. The lowest BCUT2D eigenvalue weighted by atomic mass is 10.2. The van der Waals surface area contributed by atoms with Crippen molar-refractivity contribution >= 4 is 29.8 Å². The van der Waals surface area contributed by atoms with E-state index in [2.05, 4.69) is 5.43 Å². The minimum absolute atomic E-state index is 0.0174. The Hall–Kier alpha value is -3.51. The van der Waals surface area contributed by atoms with E-state index in [4.69, 9.17) is 49.1 Å². The van der Waals surface area contributed by atoms with Crippen molar-refractivity contribution in [3.05, 3.63) is 11.9 Å². The van der Waals surface area contributed by atoms with Gasteiger partial charge in [0.1, 0.15) is 32.0 Å². The van der Waals surface area contributed by atoms with Gasteiger partial charge < -0.3 is 54.1 Å². The van der Waals surface area contributed by atoms with E-state index in [1.54, 1.807) is 13.2 Å². The zero-order valence-electron chi connectivity index (χ0n) is 26.7. The number of allylic oxidation sites excluding steroid dienone is 1. The van der Waals surface area contributed by atoms with Crippen LogP contribution in [-0.2, 0) is 57.1 Å². The molecule has 0 saturated heterocycles. The quantitative estimate of drug-likeness (QED) is 0.0324. The third kappa shape index (κ3) is 22.6. The van der Waals surface area contributed by atoms with Gasteiger partial charge in [-0.3, -0.25) is 14.4 Å². The van der Waals surface area contributed by atoms with E-state index in [-0.39, 0.29) is 13.2 Å². The molecule has 17 nitrogen and oxygen atoms in total. The third-order valence-electron chi connectivity index (χ3n) is 5.63. The zero-order valence-corrected chi connectivity index (χ0v) is 26.7. The van der Waals surface area contributed by atoms with Crippen molar-refractivity contribution in [2.45, 2.75) is 91.0 Å². The van der Waals surface area contributed by atoms with Crippen LogP contribution in [0.3, 0.4) is 0 Å². The Labute approximate surface area is 263 Å². The Morgan fingerprint density at radius 1 is 0.889 bits per heavy atom. The lowest BCUT2D eigenvalue weighted by Crippen LogP contribution is -2.46. The molecule has 0 aromatic rings. The highest BCUT2D eigenvalue weighted by Gasteiger charge is 2.35. The van der Waals surface area contributed by atoms with E-state index in [9.17, 15) is 24.0 Å². The second-order valence-electron chi connectivity index (χ2n) is 9.75. The van der Waals surface area contributed by atoms with E-state index in [0.717, 1.165) is 46.5 Å². The number of aliphatic hydroxyl groups excluding tert-OH is 1. The van der Waals surface area contributed by atoms with E-state index >= 15 is 0 Å². The lowest BCUT2D eigenvalue weighted by Gasteiger charge is -2.31. The first kappa shape index (κ1) is 41.5. The number of esters is 4. The molecule has 0 rings (SSSR count). The summed E-state index contributed by atoms with van der Waals surface area (Å²) >= 11 is 0. The number of carboxylic acids is 1. The van der Waals surface area contributed by atoms with E-state index < -0.39 is 74.5 Å². The number of carbonyl (C=O) groups is 5. The minimum Gasteiger partial charge on any atom is -0.480 e. The Morgan fingerprint density at radius 3 is 2.07 bits per heavy atom. The minimum atomic E-state index is -1.68. The molecule has 260 valence electrons. The molecule has 1 unspecified atom stereocenters. The van der Waals surface area contributed by atoms with Crippen LogP contribution in [0.1, 0.15) is 66.2 Å². The van der Waals surface area contributed by atoms with Crippen LogP contribution < -0.4 is 11.2 Å². The van der Waals surface area contributed by atoms with Crippen LogP contribution in [0.4, 0.5) is 0 Å². The number of ether oxygens (including phenoxy) is 7. The van der Waals surface area contributed by atoms with Crippen molar-refractivity contribution in [2.24, 2.45) is 5.73 Å². The molecule has 0 aliphatic rings. The highest BCUT2D eigenvalue weighted by atomic mass is 16.8. The predicted octanol–water partition coefficient (Wildman–Crippen LogP) is 0.332. The summed E-state index contributed by atoms with van der Waals surface area (Å²) in [6, 6.07) is 0. The number of unbranched alkanes of at least 4 members (excludes halogenated alkanes) is 3. The second-order valence-corrected chi connectivity index (χ2v) is 9.75. The van der Waals surface area contributed by atoms with Gasteiger partial charge in [-0.1, -0.05) is 12.8 Å². The molecule has 3 atom stereocenters. The van der Waals surface area contributed by atoms with Crippen LogP contribution in [0.25, 0.3) is 0 Å². The summed E-state index contributed by atoms with van der Waals surface area (Å²) in [7, 11) is 1.76. The van der Waals surface area contributed by atoms with Crippen molar-refractivity contribution in [2.75, 3.05) is 46.6 Å². The fourth-order valence-electron chi connectivity index (χ4n) is 3.61. The molecule has 0 bridgehead atoms. The molecule has 0 saturated carbocycles. The molecule has 0 heterocycles. The zero-order chi connectivity index (χ0) is 34.2. The van der Waals surface area contributed by atoms with Crippen molar-refractivity contribution < 1.29 is 67.3 Å². The number of carbonyl (C=O) groups excluding carboxylic acids is 4. The lowest BCUT2D eigenvalue weighted by molar-refractivity contribution is -0.291.